The fourth-order valence-electron chi connectivity index (χ4n) is 2.49. The Labute approximate surface area is 178 Å². The van der Waals surface area contributed by atoms with E-state index in [1.54, 1.807) is 55.8 Å². The highest BCUT2D eigenvalue weighted by atomic mass is 35.5. The monoisotopic (exact) mass is 428 g/mol. The molecule has 0 bridgehead atoms. The molecule has 0 atom stereocenters. The summed E-state index contributed by atoms with van der Waals surface area (Å²) in [5, 5.41) is 5.05. The lowest BCUT2D eigenvalue weighted by Crippen LogP contribution is -2.18. The summed E-state index contributed by atoms with van der Waals surface area (Å²) in [7, 11) is 1.60. The Kier molecular flexibility index (Phi) is 7.11. The molecule has 29 heavy (non-hydrogen) atoms. The molecule has 0 unspecified atom stereocenters. The van der Waals surface area contributed by atoms with Crippen molar-refractivity contribution < 1.29 is 14.3 Å². The molecule has 0 aromatic heterocycles. The molecule has 0 saturated carbocycles. The molecule has 5 nitrogen and oxygen atoms in total. The van der Waals surface area contributed by atoms with Crippen LogP contribution in [0, 0.1) is 0 Å². The number of hydrogen-bond donors (Lipinski definition) is 1. The molecule has 3 aromatic rings. The second-order valence-electron chi connectivity index (χ2n) is 5.99. The maximum atomic E-state index is 12.5. The van der Waals surface area contributed by atoms with E-state index in [0.29, 0.717) is 21.4 Å². The second kappa shape index (κ2) is 9.96. The lowest BCUT2D eigenvalue weighted by atomic mass is 10.2. The van der Waals surface area contributed by atoms with Crippen molar-refractivity contribution in [3.63, 3.8) is 0 Å². The zero-order valence-electron chi connectivity index (χ0n) is 15.6. The highest BCUT2D eigenvalue weighted by Crippen LogP contribution is 2.24. The van der Waals surface area contributed by atoms with Crippen LogP contribution < -0.4 is 14.9 Å². The van der Waals surface area contributed by atoms with Gasteiger partial charge in [0.05, 0.1) is 18.9 Å². The van der Waals surface area contributed by atoms with Crippen LogP contribution in [0.1, 0.15) is 21.5 Å². The number of nitrogens with one attached hydrogen (secondary N) is 1. The SMILES string of the molecule is COc1ccc(/C=N/NC(=O)c2ccccc2OCc2ccc(Cl)cc2Cl)cc1. The van der Waals surface area contributed by atoms with Crippen LogP contribution in [0.2, 0.25) is 10.0 Å². The molecule has 3 rings (SSSR count). The molecule has 0 spiro atoms. The molecule has 0 saturated heterocycles. The van der Waals surface area contributed by atoms with Crippen molar-refractivity contribution in [2.24, 2.45) is 5.10 Å². The van der Waals surface area contributed by atoms with Crippen LogP contribution in [-0.4, -0.2) is 19.2 Å². The van der Waals surface area contributed by atoms with Gasteiger partial charge < -0.3 is 9.47 Å². The van der Waals surface area contributed by atoms with E-state index in [9.17, 15) is 4.79 Å². The number of halogens is 2. The molecule has 0 aliphatic rings. The molecule has 3 aromatic carbocycles. The first-order valence-electron chi connectivity index (χ1n) is 8.70. The first-order valence-corrected chi connectivity index (χ1v) is 9.45. The van der Waals surface area contributed by atoms with E-state index >= 15 is 0 Å². The maximum absolute atomic E-state index is 12.5. The molecule has 0 heterocycles. The predicted octanol–water partition coefficient (Wildman–Crippen LogP) is 5.34. The summed E-state index contributed by atoms with van der Waals surface area (Å²) in [6.45, 7) is 0.204. The largest absolute Gasteiger partial charge is 0.497 e. The van der Waals surface area contributed by atoms with Gasteiger partial charge in [0.2, 0.25) is 0 Å². The minimum absolute atomic E-state index is 0.204. The number of methoxy groups -OCH3 is 1. The fraction of sp³-hybridized carbons (Fsp3) is 0.0909. The minimum Gasteiger partial charge on any atom is -0.497 e. The Bertz CT molecular complexity index is 1020. The molecule has 0 aliphatic heterocycles. The van der Waals surface area contributed by atoms with Gasteiger partial charge in [-0.3, -0.25) is 4.79 Å². The van der Waals surface area contributed by atoms with Gasteiger partial charge in [0, 0.05) is 15.6 Å². The summed E-state index contributed by atoms with van der Waals surface area (Å²) >= 11 is 12.1. The van der Waals surface area contributed by atoms with Gasteiger partial charge in [0.1, 0.15) is 18.1 Å². The van der Waals surface area contributed by atoms with Crippen molar-refractivity contribution in [3.8, 4) is 11.5 Å². The topological polar surface area (TPSA) is 59.9 Å². The Morgan fingerprint density at radius 1 is 1.07 bits per heavy atom. The van der Waals surface area contributed by atoms with Crippen LogP contribution in [0.25, 0.3) is 0 Å². The number of carbonyl (C=O) groups excluding carboxylic acids is 1. The molecule has 1 N–H and O–H groups in total. The average molecular weight is 429 g/mol. The van der Waals surface area contributed by atoms with Gasteiger partial charge in [-0.25, -0.2) is 5.43 Å². The number of carbonyl (C=O) groups is 1. The zero-order chi connectivity index (χ0) is 20.6. The zero-order valence-corrected chi connectivity index (χ0v) is 17.1. The molecule has 0 fully saturated rings. The van der Waals surface area contributed by atoms with Crippen molar-refractivity contribution in [1.82, 2.24) is 5.43 Å². The number of para-hydroxylation sites is 1. The van der Waals surface area contributed by atoms with Crippen molar-refractivity contribution in [3.05, 3.63) is 93.5 Å². The maximum Gasteiger partial charge on any atom is 0.275 e. The van der Waals surface area contributed by atoms with Gasteiger partial charge in [-0.05, 0) is 54.1 Å². The van der Waals surface area contributed by atoms with Crippen molar-refractivity contribution in [1.29, 1.82) is 0 Å². The van der Waals surface area contributed by atoms with Crippen LogP contribution in [0.15, 0.2) is 71.8 Å². The van der Waals surface area contributed by atoms with Gasteiger partial charge in [0.15, 0.2) is 0 Å². The Balaban J connectivity index is 1.65. The smallest absolute Gasteiger partial charge is 0.275 e. The van der Waals surface area contributed by atoms with Crippen molar-refractivity contribution in [2.75, 3.05) is 7.11 Å². The van der Waals surface area contributed by atoms with Gasteiger partial charge in [-0.1, -0.05) is 41.4 Å². The van der Waals surface area contributed by atoms with Gasteiger partial charge in [-0.15, -0.1) is 0 Å². The first kappa shape index (κ1) is 20.7. The minimum atomic E-state index is -0.382. The number of rotatable bonds is 7. The third-order valence-electron chi connectivity index (χ3n) is 4.03. The van der Waals surface area contributed by atoms with E-state index < -0.39 is 0 Å². The quantitative estimate of drug-likeness (QED) is 0.407. The van der Waals surface area contributed by atoms with Crippen LogP contribution in [-0.2, 0) is 6.61 Å². The summed E-state index contributed by atoms with van der Waals surface area (Å²) in [5.74, 6) is 0.793. The van der Waals surface area contributed by atoms with Crippen LogP contribution >= 0.6 is 23.2 Å². The molecule has 148 valence electrons. The third-order valence-corrected chi connectivity index (χ3v) is 4.61. The average Bonchev–Trinajstić information content (AvgIpc) is 2.74. The summed E-state index contributed by atoms with van der Waals surface area (Å²) in [6, 6.07) is 19.4. The van der Waals surface area contributed by atoms with Gasteiger partial charge in [0.25, 0.3) is 5.91 Å². The third kappa shape index (κ3) is 5.73. The number of ether oxygens (including phenoxy) is 2. The fourth-order valence-corrected chi connectivity index (χ4v) is 2.95. The van der Waals surface area contributed by atoms with E-state index in [1.165, 1.54) is 0 Å². The van der Waals surface area contributed by atoms with Crippen LogP contribution in [0.5, 0.6) is 11.5 Å². The molecular weight excluding hydrogens is 411 g/mol. The second-order valence-corrected chi connectivity index (χ2v) is 6.84. The van der Waals surface area contributed by atoms with E-state index in [1.807, 2.05) is 24.3 Å². The van der Waals surface area contributed by atoms with Gasteiger partial charge in [-0.2, -0.15) is 5.10 Å². The van der Waals surface area contributed by atoms with E-state index in [-0.39, 0.29) is 12.5 Å². The molecular formula is C22H18Cl2N2O3. The number of nitrogens with zero attached hydrogens (tertiary/aromatic N) is 1. The summed E-state index contributed by atoms with van der Waals surface area (Å²) in [6.07, 6.45) is 1.55. The number of hydrogen-bond acceptors (Lipinski definition) is 4. The Hall–Kier alpha value is -3.02. The van der Waals surface area contributed by atoms with Gasteiger partial charge >= 0.3 is 0 Å². The Morgan fingerprint density at radius 2 is 1.83 bits per heavy atom. The summed E-state index contributed by atoms with van der Waals surface area (Å²) in [4.78, 5) is 12.5. The van der Waals surface area contributed by atoms with Crippen molar-refractivity contribution >= 4 is 35.3 Å². The standard InChI is InChI=1S/C22H18Cl2N2O3/c1-28-18-10-6-15(7-11-18)13-25-26-22(27)19-4-2-3-5-21(19)29-14-16-8-9-17(23)12-20(16)24/h2-13H,14H2,1H3,(H,26,27)/b25-13+. The van der Waals surface area contributed by atoms with E-state index in [4.69, 9.17) is 32.7 Å². The highest BCUT2D eigenvalue weighted by Gasteiger charge is 2.12. The molecule has 0 aliphatic carbocycles. The molecule has 1 amide bonds. The van der Waals surface area contributed by atoms with E-state index in [2.05, 4.69) is 10.5 Å². The lowest BCUT2D eigenvalue weighted by molar-refractivity contribution is 0.0950. The summed E-state index contributed by atoms with van der Waals surface area (Å²) in [5.41, 5.74) is 4.47. The predicted molar refractivity (Wildman–Crippen MR) is 115 cm³/mol. The van der Waals surface area contributed by atoms with Crippen molar-refractivity contribution in [2.45, 2.75) is 6.61 Å². The molecule has 7 heteroatoms. The first-order chi connectivity index (χ1) is 14.1. The van der Waals surface area contributed by atoms with Crippen LogP contribution in [0.4, 0.5) is 0 Å². The number of hydrazone groups is 1. The van der Waals surface area contributed by atoms with Crippen LogP contribution in [0.3, 0.4) is 0 Å². The number of benzene rings is 3. The normalized spacial score (nSPS) is 10.7. The highest BCUT2D eigenvalue weighted by molar-refractivity contribution is 6.35. The van der Waals surface area contributed by atoms with E-state index in [0.717, 1.165) is 16.9 Å². The summed E-state index contributed by atoms with van der Waals surface area (Å²) < 4.78 is 10.9. The Morgan fingerprint density at radius 3 is 2.55 bits per heavy atom. The molecule has 0 radical (unpaired) electrons. The number of amides is 1. The lowest BCUT2D eigenvalue weighted by Gasteiger charge is -2.11.